The third-order valence-corrected chi connectivity index (χ3v) is 4.94. The van der Waals surface area contributed by atoms with Gasteiger partial charge in [0, 0.05) is 50.4 Å². The van der Waals surface area contributed by atoms with Crippen LogP contribution in [-0.4, -0.2) is 61.1 Å². The molecule has 0 atom stereocenters. The minimum absolute atomic E-state index is 0.132. The van der Waals surface area contributed by atoms with Crippen LogP contribution in [0.1, 0.15) is 17.4 Å². The quantitative estimate of drug-likeness (QED) is 0.738. The highest BCUT2D eigenvalue weighted by Crippen LogP contribution is 2.25. The van der Waals surface area contributed by atoms with Crippen molar-refractivity contribution in [2.24, 2.45) is 0 Å². The number of nitrogens with zero attached hydrogens (tertiary/aromatic N) is 3. The molecular weight excluding hydrogens is 382 g/mol. The van der Waals surface area contributed by atoms with Gasteiger partial charge in [-0.05, 0) is 24.3 Å². The minimum Gasteiger partial charge on any atom is -0.383 e. The van der Waals surface area contributed by atoms with Crippen LogP contribution < -0.4 is 15.5 Å². The van der Waals surface area contributed by atoms with Crippen LogP contribution in [0.15, 0.2) is 29.6 Å². The van der Waals surface area contributed by atoms with Crippen LogP contribution in [0.25, 0.3) is 0 Å². The maximum Gasteiger partial charge on any atom is 0.326 e. The topological polar surface area (TPSA) is 104 Å². The molecule has 0 radical (unpaired) electrons. The van der Waals surface area contributed by atoms with Crippen LogP contribution in [-0.2, 0) is 9.53 Å². The highest BCUT2D eigenvalue weighted by Gasteiger charge is 2.31. The van der Waals surface area contributed by atoms with Crippen molar-refractivity contribution in [3.63, 3.8) is 0 Å². The summed E-state index contributed by atoms with van der Waals surface area (Å²) in [7, 11) is 1.59. The number of hydrogen-bond acceptors (Lipinski definition) is 6. The average molecular weight is 403 g/mol. The second-order valence-electron chi connectivity index (χ2n) is 6.14. The van der Waals surface area contributed by atoms with E-state index in [-0.39, 0.29) is 23.5 Å². The van der Waals surface area contributed by atoms with E-state index < -0.39 is 0 Å². The molecule has 28 heavy (non-hydrogen) atoms. The maximum absolute atomic E-state index is 12.4. The summed E-state index contributed by atoms with van der Waals surface area (Å²) >= 11 is 1.25. The van der Waals surface area contributed by atoms with Crippen LogP contribution in [0.2, 0.25) is 0 Å². The lowest BCUT2D eigenvalue weighted by Crippen LogP contribution is -2.33. The van der Waals surface area contributed by atoms with Crippen LogP contribution >= 0.6 is 11.3 Å². The monoisotopic (exact) mass is 403 g/mol. The standard InChI is InChI=1S/C18H21N5O4S/c1-12(24)19-13-3-5-14(6-4-13)20-16(25)15-11-28-17(21-15)23-8-7-22(18(23)26)9-10-27-2/h3-6,11H,7-10H2,1-2H3,(H,19,24)(H,20,25). The molecule has 1 fully saturated rings. The number of benzene rings is 1. The van der Waals surface area contributed by atoms with Crippen molar-refractivity contribution in [1.82, 2.24) is 9.88 Å². The summed E-state index contributed by atoms with van der Waals surface area (Å²) in [4.78, 5) is 43.5. The van der Waals surface area contributed by atoms with Crippen molar-refractivity contribution in [3.05, 3.63) is 35.3 Å². The fourth-order valence-electron chi connectivity index (χ4n) is 2.70. The molecule has 2 aromatic rings. The smallest absolute Gasteiger partial charge is 0.326 e. The highest BCUT2D eigenvalue weighted by atomic mass is 32.1. The van der Waals surface area contributed by atoms with Crippen LogP contribution in [0.4, 0.5) is 21.3 Å². The highest BCUT2D eigenvalue weighted by molar-refractivity contribution is 7.14. The fourth-order valence-corrected chi connectivity index (χ4v) is 3.52. The molecule has 1 saturated heterocycles. The number of nitrogens with one attached hydrogen (secondary N) is 2. The minimum atomic E-state index is -0.363. The van der Waals surface area contributed by atoms with Crippen molar-refractivity contribution < 1.29 is 19.1 Å². The molecule has 0 saturated carbocycles. The number of rotatable bonds is 7. The van der Waals surface area contributed by atoms with Gasteiger partial charge < -0.3 is 20.3 Å². The van der Waals surface area contributed by atoms with E-state index in [1.807, 2.05) is 0 Å². The van der Waals surface area contributed by atoms with Crippen LogP contribution in [0.5, 0.6) is 0 Å². The molecule has 148 valence electrons. The first-order valence-electron chi connectivity index (χ1n) is 8.68. The second kappa shape index (κ2) is 8.81. The van der Waals surface area contributed by atoms with Gasteiger partial charge in [0.25, 0.3) is 5.91 Å². The van der Waals surface area contributed by atoms with Crippen molar-refractivity contribution in [2.75, 3.05) is 48.9 Å². The van der Waals surface area contributed by atoms with E-state index in [0.717, 1.165) is 0 Å². The Morgan fingerprint density at radius 1 is 1.18 bits per heavy atom. The van der Waals surface area contributed by atoms with Gasteiger partial charge in [-0.2, -0.15) is 0 Å². The first-order chi connectivity index (χ1) is 13.5. The lowest BCUT2D eigenvalue weighted by molar-refractivity contribution is -0.114. The van der Waals surface area contributed by atoms with Gasteiger partial charge in [0.05, 0.1) is 6.61 Å². The van der Waals surface area contributed by atoms with Gasteiger partial charge in [-0.3, -0.25) is 14.5 Å². The van der Waals surface area contributed by atoms with Crippen molar-refractivity contribution in [3.8, 4) is 0 Å². The summed E-state index contributed by atoms with van der Waals surface area (Å²) in [5.74, 6) is -0.526. The van der Waals surface area contributed by atoms with Gasteiger partial charge in [-0.25, -0.2) is 9.78 Å². The molecule has 9 nitrogen and oxygen atoms in total. The fraction of sp³-hybridized carbons (Fsp3) is 0.333. The molecule has 1 aliphatic heterocycles. The number of hydrogen-bond donors (Lipinski definition) is 2. The number of carbonyl (C=O) groups excluding carboxylic acids is 3. The zero-order valence-corrected chi connectivity index (χ0v) is 16.4. The summed E-state index contributed by atoms with van der Waals surface area (Å²) < 4.78 is 5.01. The Bertz CT molecular complexity index is 867. The zero-order chi connectivity index (χ0) is 20.1. The number of aromatic nitrogens is 1. The van der Waals surface area contributed by atoms with Gasteiger partial charge >= 0.3 is 6.03 Å². The number of thiazole rings is 1. The summed E-state index contributed by atoms with van der Waals surface area (Å²) in [5.41, 5.74) is 1.47. The van der Waals surface area contributed by atoms with E-state index in [9.17, 15) is 14.4 Å². The molecule has 0 aliphatic carbocycles. The maximum atomic E-state index is 12.4. The lowest BCUT2D eigenvalue weighted by atomic mass is 10.2. The molecular formula is C18H21N5O4S. The van der Waals surface area contributed by atoms with E-state index in [4.69, 9.17) is 4.74 Å². The summed E-state index contributed by atoms with van der Waals surface area (Å²) in [5, 5.41) is 7.54. The Labute approximate surface area is 166 Å². The van der Waals surface area contributed by atoms with Crippen LogP contribution in [0, 0.1) is 0 Å². The number of amides is 4. The van der Waals surface area contributed by atoms with E-state index >= 15 is 0 Å². The third kappa shape index (κ3) is 4.65. The number of ether oxygens (including phenoxy) is 1. The van der Waals surface area contributed by atoms with Gasteiger partial charge in [0.15, 0.2) is 5.13 Å². The summed E-state index contributed by atoms with van der Waals surface area (Å²) in [6.07, 6.45) is 0. The first-order valence-corrected chi connectivity index (χ1v) is 9.56. The normalized spacial score (nSPS) is 13.7. The molecule has 3 rings (SSSR count). The van der Waals surface area contributed by atoms with E-state index in [2.05, 4.69) is 15.6 Å². The molecule has 0 bridgehead atoms. The van der Waals surface area contributed by atoms with Crippen molar-refractivity contribution in [2.45, 2.75) is 6.92 Å². The van der Waals surface area contributed by atoms with Crippen molar-refractivity contribution >= 4 is 45.7 Å². The predicted molar refractivity (Wildman–Crippen MR) is 107 cm³/mol. The van der Waals surface area contributed by atoms with Crippen molar-refractivity contribution in [1.29, 1.82) is 0 Å². The lowest BCUT2D eigenvalue weighted by Gasteiger charge is -2.16. The first kappa shape index (κ1) is 19.8. The predicted octanol–water partition coefficient (Wildman–Crippen LogP) is 2.24. The Morgan fingerprint density at radius 2 is 1.86 bits per heavy atom. The average Bonchev–Trinajstić information content (AvgIpc) is 3.28. The summed E-state index contributed by atoms with van der Waals surface area (Å²) in [6, 6.07) is 6.64. The number of methoxy groups -OCH3 is 1. The van der Waals surface area contributed by atoms with Gasteiger partial charge in [-0.1, -0.05) is 0 Å². The van der Waals surface area contributed by atoms with Crippen LogP contribution in [0.3, 0.4) is 0 Å². The molecule has 0 unspecified atom stereocenters. The Hall–Kier alpha value is -2.98. The zero-order valence-electron chi connectivity index (χ0n) is 15.6. The second-order valence-corrected chi connectivity index (χ2v) is 6.98. The van der Waals surface area contributed by atoms with Gasteiger partial charge in [0.1, 0.15) is 5.69 Å². The summed E-state index contributed by atoms with van der Waals surface area (Å²) in [6.45, 7) is 3.56. The molecule has 2 N–H and O–H groups in total. The van der Waals surface area contributed by atoms with E-state index in [0.29, 0.717) is 42.7 Å². The Morgan fingerprint density at radius 3 is 2.50 bits per heavy atom. The largest absolute Gasteiger partial charge is 0.383 e. The third-order valence-electron chi connectivity index (χ3n) is 4.08. The SMILES string of the molecule is COCCN1CCN(c2nc(C(=O)Nc3ccc(NC(C)=O)cc3)cs2)C1=O. The number of anilines is 3. The number of urea groups is 1. The molecule has 4 amide bonds. The Kier molecular flexibility index (Phi) is 6.22. The van der Waals surface area contributed by atoms with E-state index in [1.54, 1.807) is 46.6 Å². The molecule has 0 spiro atoms. The molecule has 1 aromatic heterocycles. The molecule has 10 heteroatoms. The molecule has 1 aromatic carbocycles. The molecule has 1 aliphatic rings. The van der Waals surface area contributed by atoms with E-state index in [1.165, 1.54) is 18.3 Å². The Balaban J connectivity index is 1.61. The molecule has 2 heterocycles. The van der Waals surface area contributed by atoms with Gasteiger partial charge in [0.2, 0.25) is 5.91 Å². The van der Waals surface area contributed by atoms with Gasteiger partial charge in [-0.15, -0.1) is 11.3 Å². The number of carbonyl (C=O) groups is 3.